The molecule has 0 heterocycles. The van der Waals surface area contributed by atoms with Crippen LogP contribution < -0.4 is 5.73 Å². The van der Waals surface area contributed by atoms with Gasteiger partial charge in [-0.25, -0.2) is 0 Å². The van der Waals surface area contributed by atoms with E-state index in [-0.39, 0.29) is 0 Å². The summed E-state index contributed by atoms with van der Waals surface area (Å²) in [4.78, 5) is 0. The van der Waals surface area contributed by atoms with Crippen molar-refractivity contribution < 1.29 is 0 Å². The average Bonchev–Trinajstić information content (AvgIpc) is 2.51. The van der Waals surface area contributed by atoms with Gasteiger partial charge in [-0.1, -0.05) is 56.3 Å². The van der Waals surface area contributed by atoms with Crippen molar-refractivity contribution in [1.82, 2.24) is 0 Å². The number of aryl methyl sites for hydroxylation is 1. The molecule has 2 rings (SSSR count). The van der Waals surface area contributed by atoms with E-state index in [9.17, 15) is 0 Å². The molecular formula is C17H22N2. The van der Waals surface area contributed by atoms with Crippen LogP contribution in [0.15, 0.2) is 54.6 Å². The molecule has 2 aromatic rings. The third-order valence-corrected chi connectivity index (χ3v) is 2.38. The zero-order valence-electron chi connectivity index (χ0n) is 11.9. The predicted octanol–water partition coefficient (Wildman–Crippen LogP) is 4.04. The van der Waals surface area contributed by atoms with Gasteiger partial charge in [-0.3, -0.25) is 0 Å². The first-order chi connectivity index (χ1) is 9.27. The number of nitrogens with zero attached hydrogens (tertiary/aromatic N) is 1. The van der Waals surface area contributed by atoms with E-state index in [1.807, 2.05) is 50.2 Å². The van der Waals surface area contributed by atoms with Gasteiger partial charge in [0.2, 0.25) is 0 Å². The lowest BCUT2D eigenvalue weighted by molar-refractivity contribution is 1.05. The Bertz CT molecular complexity index is 484. The highest BCUT2D eigenvalue weighted by Gasteiger charge is 1.89. The summed E-state index contributed by atoms with van der Waals surface area (Å²) in [5.41, 5.74) is 8.68. The van der Waals surface area contributed by atoms with E-state index in [0.717, 1.165) is 0 Å². The number of nitrogens with two attached hydrogens (primary N) is 1. The molecule has 100 valence electrons. The Morgan fingerprint density at radius 2 is 1.47 bits per heavy atom. The highest BCUT2D eigenvalue weighted by Crippen LogP contribution is 2.04. The van der Waals surface area contributed by atoms with Crippen molar-refractivity contribution in [1.29, 1.82) is 5.26 Å². The van der Waals surface area contributed by atoms with Gasteiger partial charge in [0, 0.05) is 6.54 Å². The smallest absolute Gasteiger partial charge is 0.0991 e. The summed E-state index contributed by atoms with van der Waals surface area (Å²) in [7, 11) is 0. The molecule has 0 amide bonds. The third-order valence-electron chi connectivity index (χ3n) is 2.38. The minimum absolute atomic E-state index is 0.646. The molecule has 2 N–H and O–H groups in total. The van der Waals surface area contributed by atoms with Crippen molar-refractivity contribution in [2.24, 2.45) is 5.73 Å². The molecule has 0 fully saturated rings. The second kappa shape index (κ2) is 11.0. The highest BCUT2D eigenvalue weighted by atomic mass is 14.5. The van der Waals surface area contributed by atoms with Crippen LogP contribution in [0.25, 0.3) is 0 Å². The maximum atomic E-state index is 8.29. The minimum Gasteiger partial charge on any atom is -0.326 e. The summed E-state index contributed by atoms with van der Waals surface area (Å²) < 4.78 is 0. The second-order valence-corrected chi connectivity index (χ2v) is 3.61. The summed E-state index contributed by atoms with van der Waals surface area (Å²) in [6.45, 7) is 6.72. The van der Waals surface area contributed by atoms with Crippen LogP contribution in [0.4, 0.5) is 0 Å². The first-order valence-corrected chi connectivity index (χ1v) is 6.47. The minimum atomic E-state index is 0.646. The van der Waals surface area contributed by atoms with Gasteiger partial charge in [-0.15, -0.1) is 0 Å². The lowest BCUT2D eigenvalue weighted by Gasteiger charge is -1.98. The highest BCUT2D eigenvalue weighted by molar-refractivity contribution is 5.27. The molecule has 0 bridgehead atoms. The Morgan fingerprint density at radius 3 is 1.84 bits per heavy atom. The predicted molar refractivity (Wildman–Crippen MR) is 81.6 cm³/mol. The van der Waals surface area contributed by atoms with Crippen LogP contribution in [-0.2, 0) is 6.54 Å². The summed E-state index contributed by atoms with van der Waals surface area (Å²) in [5.74, 6) is 0. The number of nitriles is 1. The fourth-order valence-corrected chi connectivity index (χ4v) is 1.35. The maximum absolute atomic E-state index is 8.29. The molecule has 0 aliphatic carbocycles. The van der Waals surface area contributed by atoms with Gasteiger partial charge in [0.25, 0.3) is 0 Å². The topological polar surface area (TPSA) is 49.8 Å². The van der Waals surface area contributed by atoms with E-state index in [2.05, 4.69) is 19.1 Å². The summed E-state index contributed by atoms with van der Waals surface area (Å²) in [5, 5.41) is 8.29. The molecule has 0 saturated heterocycles. The van der Waals surface area contributed by atoms with Gasteiger partial charge in [-0.2, -0.15) is 5.26 Å². The Balaban J connectivity index is 0.000000303. The molecule has 0 aliphatic heterocycles. The third kappa shape index (κ3) is 7.03. The Morgan fingerprint density at radius 1 is 0.947 bits per heavy atom. The van der Waals surface area contributed by atoms with Crippen LogP contribution in [0.1, 0.15) is 30.5 Å². The molecule has 0 saturated carbocycles. The zero-order valence-corrected chi connectivity index (χ0v) is 11.9. The van der Waals surface area contributed by atoms with E-state index in [1.54, 1.807) is 12.1 Å². The van der Waals surface area contributed by atoms with Crippen LogP contribution >= 0.6 is 0 Å². The SMILES string of the molecule is CC.Cc1ccccc1CN.N#Cc1ccccc1. The van der Waals surface area contributed by atoms with Crippen molar-refractivity contribution in [2.75, 3.05) is 0 Å². The monoisotopic (exact) mass is 254 g/mol. The molecule has 0 spiro atoms. The van der Waals surface area contributed by atoms with Crippen LogP contribution in [0.5, 0.6) is 0 Å². The number of rotatable bonds is 1. The van der Waals surface area contributed by atoms with Crippen molar-refractivity contribution in [3.8, 4) is 6.07 Å². The lowest BCUT2D eigenvalue weighted by atomic mass is 10.1. The molecule has 0 atom stereocenters. The second-order valence-electron chi connectivity index (χ2n) is 3.61. The van der Waals surface area contributed by atoms with Crippen molar-refractivity contribution in [3.05, 3.63) is 71.3 Å². The van der Waals surface area contributed by atoms with Gasteiger partial charge in [0.15, 0.2) is 0 Å². The van der Waals surface area contributed by atoms with Crippen molar-refractivity contribution in [2.45, 2.75) is 27.3 Å². The van der Waals surface area contributed by atoms with E-state index in [4.69, 9.17) is 11.0 Å². The molecule has 0 aliphatic rings. The van der Waals surface area contributed by atoms with Crippen molar-refractivity contribution >= 4 is 0 Å². The molecule has 0 unspecified atom stereocenters. The Labute approximate surface area is 116 Å². The number of hydrogen-bond acceptors (Lipinski definition) is 2. The van der Waals surface area contributed by atoms with Gasteiger partial charge in [-0.05, 0) is 30.2 Å². The van der Waals surface area contributed by atoms with Crippen LogP contribution in [0.2, 0.25) is 0 Å². The molecular weight excluding hydrogens is 232 g/mol. The first-order valence-electron chi connectivity index (χ1n) is 6.47. The van der Waals surface area contributed by atoms with Gasteiger partial charge < -0.3 is 5.73 Å². The van der Waals surface area contributed by atoms with Crippen LogP contribution in [0.3, 0.4) is 0 Å². The fourth-order valence-electron chi connectivity index (χ4n) is 1.35. The number of hydrogen-bond donors (Lipinski definition) is 1. The standard InChI is InChI=1S/C8H11N.C7H5N.C2H6/c1-7-4-2-3-5-8(7)6-9;8-6-7-4-2-1-3-5-7;1-2/h2-5H,6,9H2,1H3;1-5H;1-2H3. The van der Waals surface area contributed by atoms with E-state index in [0.29, 0.717) is 12.1 Å². The van der Waals surface area contributed by atoms with Crippen molar-refractivity contribution in [3.63, 3.8) is 0 Å². The molecule has 2 aromatic carbocycles. The molecule has 0 aromatic heterocycles. The zero-order chi connectivity index (χ0) is 14.5. The number of benzene rings is 2. The maximum Gasteiger partial charge on any atom is 0.0991 e. The fraction of sp³-hybridized carbons (Fsp3) is 0.235. The van der Waals surface area contributed by atoms with Gasteiger partial charge >= 0.3 is 0 Å². The van der Waals surface area contributed by atoms with E-state index >= 15 is 0 Å². The molecule has 0 radical (unpaired) electrons. The quantitative estimate of drug-likeness (QED) is 0.835. The summed E-state index contributed by atoms with van der Waals surface area (Å²) >= 11 is 0. The van der Waals surface area contributed by atoms with Crippen LogP contribution in [-0.4, -0.2) is 0 Å². The largest absolute Gasteiger partial charge is 0.326 e. The Hall–Kier alpha value is -2.11. The van der Waals surface area contributed by atoms with Crippen LogP contribution in [0, 0.1) is 18.3 Å². The van der Waals surface area contributed by atoms with E-state index < -0.39 is 0 Å². The normalized spacial score (nSPS) is 8.16. The molecule has 2 heteroatoms. The Kier molecular flexibility index (Phi) is 9.79. The lowest BCUT2D eigenvalue weighted by Crippen LogP contribution is -1.97. The first kappa shape index (κ1) is 16.9. The van der Waals surface area contributed by atoms with Gasteiger partial charge in [0.1, 0.15) is 0 Å². The summed E-state index contributed by atoms with van der Waals surface area (Å²) in [6, 6.07) is 19.3. The van der Waals surface area contributed by atoms with E-state index in [1.165, 1.54) is 11.1 Å². The van der Waals surface area contributed by atoms with Gasteiger partial charge in [0.05, 0.1) is 11.6 Å². The summed E-state index contributed by atoms with van der Waals surface area (Å²) in [6.07, 6.45) is 0. The molecule has 2 nitrogen and oxygen atoms in total. The molecule has 19 heavy (non-hydrogen) atoms. The average molecular weight is 254 g/mol.